The van der Waals surface area contributed by atoms with Crippen LogP contribution < -0.4 is 10.1 Å². The largest absolute Gasteiger partial charge is 0.484 e. The number of ether oxygens (including phenoxy) is 1. The predicted octanol–water partition coefficient (Wildman–Crippen LogP) is 2.99. The van der Waals surface area contributed by atoms with Gasteiger partial charge in [0.15, 0.2) is 6.61 Å². The second-order valence-corrected chi connectivity index (χ2v) is 6.93. The molecule has 122 valence electrons. The normalized spacial score (nSPS) is 26.2. The lowest BCUT2D eigenvalue weighted by Crippen LogP contribution is -2.49. The van der Waals surface area contributed by atoms with Gasteiger partial charge in [0.25, 0.3) is 5.91 Å². The molecule has 4 nitrogen and oxygen atoms in total. The number of carbonyl (C=O) groups is 1. The number of rotatable bonds is 4. The molecule has 2 bridgehead atoms. The lowest BCUT2D eigenvalue weighted by Gasteiger charge is -2.35. The molecule has 0 aromatic heterocycles. The van der Waals surface area contributed by atoms with E-state index in [2.05, 4.69) is 21.2 Å². The third-order valence-corrected chi connectivity index (χ3v) is 5.04. The minimum absolute atomic E-state index is 0. The number of amides is 1. The van der Waals surface area contributed by atoms with Crippen LogP contribution in [0.1, 0.15) is 25.7 Å². The SMILES string of the molecule is CN(C(=O)COc1cccc(Br)c1)C1CC2CCC(C1)N2.Cl. The average molecular weight is 390 g/mol. The zero-order valence-corrected chi connectivity index (χ0v) is 15.0. The minimum atomic E-state index is 0. The van der Waals surface area contributed by atoms with E-state index >= 15 is 0 Å². The van der Waals surface area contributed by atoms with Gasteiger partial charge in [-0.05, 0) is 43.9 Å². The fourth-order valence-corrected chi connectivity index (χ4v) is 3.73. The number of nitrogens with one attached hydrogen (secondary N) is 1. The predicted molar refractivity (Wildman–Crippen MR) is 92.6 cm³/mol. The molecule has 0 radical (unpaired) electrons. The van der Waals surface area contributed by atoms with Crippen molar-refractivity contribution >= 4 is 34.2 Å². The first-order valence-corrected chi connectivity index (χ1v) is 8.31. The first-order valence-electron chi connectivity index (χ1n) is 7.52. The topological polar surface area (TPSA) is 41.6 Å². The van der Waals surface area contributed by atoms with Gasteiger partial charge in [-0.1, -0.05) is 22.0 Å². The van der Waals surface area contributed by atoms with E-state index in [0.29, 0.717) is 18.1 Å². The van der Waals surface area contributed by atoms with Crippen molar-refractivity contribution in [1.82, 2.24) is 10.2 Å². The summed E-state index contributed by atoms with van der Waals surface area (Å²) in [5.41, 5.74) is 0. The molecule has 2 atom stereocenters. The van der Waals surface area contributed by atoms with E-state index in [4.69, 9.17) is 4.74 Å². The van der Waals surface area contributed by atoms with Crippen LogP contribution >= 0.6 is 28.3 Å². The van der Waals surface area contributed by atoms with Crippen molar-refractivity contribution in [3.63, 3.8) is 0 Å². The van der Waals surface area contributed by atoms with Gasteiger partial charge in [0, 0.05) is 29.6 Å². The Kier molecular flexibility index (Phi) is 6.12. The van der Waals surface area contributed by atoms with Gasteiger partial charge in [0.05, 0.1) is 0 Å². The third kappa shape index (κ3) is 4.15. The lowest BCUT2D eigenvalue weighted by molar-refractivity contribution is -0.134. The van der Waals surface area contributed by atoms with Crippen molar-refractivity contribution in [2.45, 2.75) is 43.8 Å². The maximum atomic E-state index is 12.3. The quantitative estimate of drug-likeness (QED) is 0.861. The van der Waals surface area contributed by atoms with Crippen LogP contribution in [0.15, 0.2) is 28.7 Å². The molecule has 2 unspecified atom stereocenters. The molecule has 3 rings (SSSR count). The van der Waals surface area contributed by atoms with Crippen molar-refractivity contribution in [3.05, 3.63) is 28.7 Å². The second kappa shape index (κ2) is 7.66. The number of benzene rings is 1. The molecule has 1 amide bonds. The van der Waals surface area contributed by atoms with E-state index in [1.54, 1.807) is 0 Å². The number of hydrogen-bond acceptors (Lipinski definition) is 3. The summed E-state index contributed by atoms with van der Waals surface area (Å²) in [6.45, 7) is 0.103. The zero-order chi connectivity index (χ0) is 14.8. The Labute approximate surface area is 146 Å². The lowest BCUT2D eigenvalue weighted by atomic mass is 9.98. The van der Waals surface area contributed by atoms with Crippen molar-refractivity contribution in [1.29, 1.82) is 0 Å². The Bertz CT molecular complexity index is 517. The molecule has 2 heterocycles. The molecule has 1 aromatic carbocycles. The van der Waals surface area contributed by atoms with Gasteiger partial charge in [-0.25, -0.2) is 0 Å². The van der Waals surface area contributed by atoms with Crippen molar-refractivity contribution in [3.8, 4) is 5.75 Å². The number of piperidine rings is 1. The standard InChI is InChI=1S/C16H21BrN2O2.ClH/c1-19(14-8-12-5-6-13(9-14)18-12)16(20)10-21-15-4-2-3-11(17)7-15;/h2-4,7,12-14,18H,5-6,8-10H2,1H3;1H. The zero-order valence-electron chi connectivity index (χ0n) is 12.6. The fraction of sp³-hybridized carbons (Fsp3) is 0.562. The van der Waals surface area contributed by atoms with Gasteiger partial charge in [-0.3, -0.25) is 4.79 Å². The molecule has 1 aromatic rings. The molecule has 0 saturated carbocycles. The molecule has 2 fully saturated rings. The second-order valence-electron chi connectivity index (χ2n) is 6.01. The average Bonchev–Trinajstić information content (AvgIpc) is 2.82. The van der Waals surface area contributed by atoms with Crippen LogP contribution in [0, 0.1) is 0 Å². The van der Waals surface area contributed by atoms with E-state index in [1.807, 2.05) is 36.2 Å². The Morgan fingerprint density at radius 1 is 1.36 bits per heavy atom. The number of likely N-dealkylation sites (N-methyl/N-ethyl adjacent to an activating group) is 1. The summed E-state index contributed by atoms with van der Waals surface area (Å²) >= 11 is 3.40. The smallest absolute Gasteiger partial charge is 0.260 e. The van der Waals surface area contributed by atoms with Gasteiger partial charge >= 0.3 is 0 Å². The van der Waals surface area contributed by atoms with Crippen molar-refractivity contribution < 1.29 is 9.53 Å². The monoisotopic (exact) mass is 388 g/mol. The number of fused-ring (bicyclic) bond motifs is 2. The Balaban J connectivity index is 0.00000176. The highest BCUT2D eigenvalue weighted by atomic mass is 79.9. The number of carbonyl (C=O) groups excluding carboxylic acids is 1. The Morgan fingerprint density at radius 3 is 2.68 bits per heavy atom. The Morgan fingerprint density at radius 2 is 2.05 bits per heavy atom. The fourth-order valence-electron chi connectivity index (χ4n) is 3.35. The molecule has 2 aliphatic heterocycles. The van der Waals surface area contributed by atoms with Gasteiger partial charge in [-0.2, -0.15) is 0 Å². The van der Waals surface area contributed by atoms with Crippen LogP contribution in [0.3, 0.4) is 0 Å². The first-order chi connectivity index (χ1) is 10.1. The van der Waals surface area contributed by atoms with Crippen LogP contribution in [-0.4, -0.2) is 42.6 Å². The van der Waals surface area contributed by atoms with Crippen molar-refractivity contribution in [2.75, 3.05) is 13.7 Å². The summed E-state index contributed by atoms with van der Waals surface area (Å²) in [7, 11) is 1.90. The van der Waals surface area contributed by atoms with Gasteiger partial charge in [0.2, 0.25) is 0 Å². The van der Waals surface area contributed by atoms with Crippen LogP contribution in [0.5, 0.6) is 5.75 Å². The summed E-state index contributed by atoms with van der Waals surface area (Å²) in [6.07, 6.45) is 4.63. The van der Waals surface area contributed by atoms with E-state index < -0.39 is 0 Å². The maximum absolute atomic E-state index is 12.3. The van der Waals surface area contributed by atoms with Crippen LogP contribution in [0.4, 0.5) is 0 Å². The first kappa shape index (κ1) is 17.6. The van der Waals surface area contributed by atoms with E-state index in [-0.39, 0.29) is 24.9 Å². The van der Waals surface area contributed by atoms with Gasteiger partial charge in [-0.15, -0.1) is 12.4 Å². The summed E-state index contributed by atoms with van der Waals surface area (Å²) in [5, 5.41) is 3.60. The molecule has 2 aliphatic rings. The maximum Gasteiger partial charge on any atom is 0.260 e. The Hall–Kier alpha value is -0.780. The summed E-state index contributed by atoms with van der Waals surface area (Å²) < 4.78 is 6.55. The molecule has 0 spiro atoms. The highest BCUT2D eigenvalue weighted by Crippen LogP contribution is 2.29. The number of halogens is 2. The van der Waals surface area contributed by atoms with Crippen molar-refractivity contribution in [2.24, 2.45) is 0 Å². The van der Waals surface area contributed by atoms with E-state index in [9.17, 15) is 4.79 Å². The van der Waals surface area contributed by atoms with Gasteiger partial charge < -0.3 is 15.0 Å². The minimum Gasteiger partial charge on any atom is -0.484 e. The molecular formula is C16H22BrClN2O2. The molecule has 22 heavy (non-hydrogen) atoms. The van der Waals surface area contributed by atoms with Crippen LogP contribution in [0.25, 0.3) is 0 Å². The summed E-state index contributed by atoms with van der Waals surface area (Å²) in [5.74, 6) is 0.776. The van der Waals surface area contributed by atoms with Gasteiger partial charge in [0.1, 0.15) is 5.75 Å². The molecular weight excluding hydrogens is 368 g/mol. The molecule has 0 aliphatic carbocycles. The molecule has 2 saturated heterocycles. The number of nitrogens with zero attached hydrogens (tertiary/aromatic N) is 1. The number of hydrogen-bond donors (Lipinski definition) is 1. The highest BCUT2D eigenvalue weighted by molar-refractivity contribution is 9.10. The van der Waals surface area contributed by atoms with Crippen LogP contribution in [-0.2, 0) is 4.79 Å². The third-order valence-electron chi connectivity index (χ3n) is 4.55. The van der Waals surface area contributed by atoms with Crippen LogP contribution in [0.2, 0.25) is 0 Å². The summed E-state index contributed by atoms with van der Waals surface area (Å²) in [4.78, 5) is 14.2. The molecule has 6 heteroatoms. The van der Waals surface area contributed by atoms with E-state index in [0.717, 1.165) is 23.1 Å². The molecule has 1 N–H and O–H groups in total. The van der Waals surface area contributed by atoms with E-state index in [1.165, 1.54) is 12.8 Å². The highest BCUT2D eigenvalue weighted by Gasteiger charge is 2.36. The summed E-state index contributed by atoms with van der Waals surface area (Å²) in [6, 6.07) is 9.11.